The predicted molar refractivity (Wildman–Crippen MR) is 110 cm³/mol. The number of anilines is 1. The minimum atomic E-state index is -1.28. The van der Waals surface area contributed by atoms with E-state index in [-0.39, 0.29) is 30.4 Å². The van der Waals surface area contributed by atoms with E-state index in [1.807, 2.05) is 6.92 Å². The molecule has 1 fully saturated rings. The van der Waals surface area contributed by atoms with Gasteiger partial charge in [0.15, 0.2) is 0 Å². The molecule has 3 rings (SSSR count). The average Bonchev–Trinajstić information content (AvgIpc) is 2.73. The first kappa shape index (κ1) is 22.6. The summed E-state index contributed by atoms with van der Waals surface area (Å²) in [4.78, 5) is 58.1. The fourth-order valence-corrected chi connectivity index (χ4v) is 4.51. The van der Waals surface area contributed by atoms with Crippen molar-refractivity contribution < 1.29 is 33.9 Å². The number of nitrogens with zero attached hydrogens (tertiary/aromatic N) is 2. The highest BCUT2D eigenvalue weighted by Crippen LogP contribution is 2.40. The number of thioether (sulfide) groups is 1. The normalized spacial score (nSPS) is 19.9. The molecule has 12 heteroatoms. The lowest BCUT2D eigenvalue weighted by atomic mass is 10.0. The monoisotopic (exact) mass is 450 g/mol. The van der Waals surface area contributed by atoms with Crippen molar-refractivity contribution >= 4 is 41.3 Å². The van der Waals surface area contributed by atoms with Gasteiger partial charge in [-0.05, 0) is 24.6 Å². The Morgan fingerprint density at radius 1 is 1.39 bits per heavy atom. The van der Waals surface area contributed by atoms with Crippen molar-refractivity contribution in [2.24, 2.45) is 0 Å². The van der Waals surface area contributed by atoms with Gasteiger partial charge in [0.1, 0.15) is 29.5 Å². The lowest BCUT2D eigenvalue weighted by Gasteiger charge is -2.49. The van der Waals surface area contributed by atoms with Gasteiger partial charge in [0.2, 0.25) is 5.91 Å². The number of carbonyl (C=O) groups excluding carboxylic acids is 3. The number of nitrogens with one attached hydrogen (secondary N) is 2. The number of rotatable bonds is 9. The molecule has 1 saturated heterocycles. The molecule has 2 aliphatic heterocycles. The van der Waals surface area contributed by atoms with Crippen LogP contribution in [0.2, 0.25) is 0 Å². The second-order valence-corrected chi connectivity index (χ2v) is 7.86. The van der Waals surface area contributed by atoms with Gasteiger partial charge < -0.3 is 15.2 Å². The molecule has 0 radical (unpaired) electrons. The summed E-state index contributed by atoms with van der Waals surface area (Å²) < 4.78 is 4.90. The molecule has 0 saturated carbocycles. The van der Waals surface area contributed by atoms with Crippen LogP contribution in [0.25, 0.3) is 0 Å². The van der Waals surface area contributed by atoms with Crippen LogP contribution >= 0.6 is 11.8 Å². The van der Waals surface area contributed by atoms with Crippen molar-refractivity contribution in [3.05, 3.63) is 35.2 Å². The molecule has 1 aromatic heterocycles. The van der Waals surface area contributed by atoms with Gasteiger partial charge in [-0.25, -0.2) is 15.3 Å². The minimum Gasteiger partial charge on any atom is -0.477 e. The predicted octanol–water partition coefficient (Wildman–Crippen LogP) is 0.289. The Kier molecular flexibility index (Phi) is 7.13. The van der Waals surface area contributed by atoms with Crippen molar-refractivity contribution in [2.75, 3.05) is 24.4 Å². The van der Waals surface area contributed by atoms with Crippen molar-refractivity contribution in [1.29, 1.82) is 0 Å². The second kappa shape index (κ2) is 9.79. The molecular formula is C19H22N4O7S. The zero-order valence-electron chi connectivity index (χ0n) is 16.9. The van der Waals surface area contributed by atoms with E-state index in [9.17, 15) is 24.3 Å². The highest BCUT2D eigenvalue weighted by molar-refractivity contribution is 8.00. The molecular weight excluding hydrogens is 428 g/mol. The second-order valence-electron chi connectivity index (χ2n) is 6.75. The third-order valence-electron chi connectivity index (χ3n) is 4.53. The maximum atomic E-state index is 12.6. The van der Waals surface area contributed by atoms with E-state index in [1.54, 1.807) is 12.1 Å². The zero-order chi connectivity index (χ0) is 22.5. The van der Waals surface area contributed by atoms with Gasteiger partial charge in [-0.2, -0.15) is 0 Å². The quantitative estimate of drug-likeness (QED) is 0.272. The molecule has 0 bridgehead atoms. The zero-order valence-corrected chi connectivity index (χ0v) is 17.7. The van der Waals surface area contributed by atoms with Crippen LogP contribution in [0.3, 0.4) is 0 Å². The number of hydrogen-bond acceptors (Lipinski definition) is 9. The fourth-order valence-electron chi connectivity index (χ4n) is 3.18. The number of fused-ring (bicyclic) bond motifs is 1. The number of ether oxygens (including phenoxy) is 1. The first-order valence-electron chi connectivity index (χ1n) is 9.47. The smallest absolute Gasteiger partial charge is 0.352 e. The summed E-state index contributed by atoms with van der Waals surface area (Å²) >= 11 is 1.31. The summed E-state index contributed by atoms with van der Waals surface area (Å²) in [6.45, 7) is 3.29. The highest BCUT2D eigenvalue weighted by atomic mass is 32.2. The lowest BCUT2D eigenvalue weighted by molar-refractivity contribution is -0.151. The fraction of sp³-hybridized carbons (Fsp3) is 0.421. The number of aliphatic carboxylic acids is 1. The van der Waals surface area contributed by atoms with Crippen LogP contribution in [0, 0.1) is 0 Å². The number of amides is 2. The molecule has 0 spiro atoms. The van der Waals surface area contributed by atoms with Gasteiger partial charge in [0.05, 0.1) is 13.0 Å². The topological polar surface area (TPSA) is 147 Å². The molecule has 1 aromatic rings. The molecule has 0 aromatic carbocycles. The molecule has 2 amide bonds. The third kappa shape index (κ3) is 5.14. The SMILES string of the molecule is CCONc1cc(CC(=O)N[C@@H]2C(=O)N3C(C(=O)O)=C(COC(C)=O)CS[C@H]23)ccn1. The van der Waals surface area contributed by atoms with Gasteiger partial charge >= 0.3 is 11.9 Å². The average molecular weight is 450 g/mol. The molecule has 166 valence electrons. The first-order chi connectivity index (χ1) is 14.8. The van der Waals surface area contributed by atoms with E-state index in [1.165, 1.54) is 24.9 Å². The number of esters is 1. The van der Waals surface area contributed by atoms with Gasteiger partial charge in [0.25, 0.3) is 5.91 Å². The maximum Gasteiger partial charge on any atom is 0.352 e. The number of pyridine rings is 1. The number of carboxylic acid groups (broad SMARTS) is 1. The summed E-state index contributed by atoms with van der Waals surface area (Å²) in [6.07, 6.45) is 1.55. The molecule has 0 unspecified atom stereocenters. The van der Waals surface area contributed by atoms with Crippen molar-refractivity contribution in [2.45, 2.75) is 31.7 Å². The lowest BCUT2D eigenvalue weighted by Crippen LogP contribution is -2.70. The van der Waals surface area contributed by atoms with Gasteiger partial charge in [-0.3, -0.25) is 24.1 Å². The molecule has 0 aliphatic carbocycles. The summed E-state index contributed by atoms with van der Waals surface area (Å²) in [6, 6.07) is 2.50. The Morgan fingerprint density at radius 2 is 2.16 bits per heavy atom. The number of β-lactam (4-membered cyclic amide) rings is 1. The number of aromatic nitrogens is 1. The van der Waals surface area contributed by atoms with Crippen LogP contribution in [0.4, 0.5) is 5.82 Å². The molecule has 31 heavy (non-hydrogen) atoms. The summed E-state index contributed by atoms with van der Waals surface area (Å²) in [5.41, 5.74) is 3.47. The molecule has 11 nitrogen and oxygen atoms in total. The summed E-state index contributed by atoms with van der Waals surface area (Å²) in [5, 5.41) is 11.7. The first-order valence-corrected chi connectivity index (χ1v) is 10.5. The molecule has 3 N–H and O–H groups in total. The third-order valence-corrected chi connectivity index (χ3v) is 5.87. The Hall–Kier alpha value is -3.12. The Balaban J connectivity index is 1.64. The van der Waals surface area contributed by atoms with Crippen LogP contribution in [-0.2, 0) is 35.2 Å². The van der Waals surface area contributed by atoms with Crippen LogP contribution in [0.1, 0.15) is 19.4 Å². The van der Waals surface area contributed by atoms with Gasteiger partial charge in [-0.15, -0.1) is 11.8 Å². The van der Waals surface area contributed by atoms with Gasteiger partial charge in [0, 0.05) is 24.4 Å². The van der Waals surface area contributed by atoms with Gasteiger partial charge in [-0.1, -0.05) is 0 Å². The largest absolute Gasteiger partial charge is 0.477 e. The Labute approximate surface area is 182 Å². The highest BCUT2D eigenvalue weighted by Gasteiger charge is 2.54. The summed E-state index contributed by atoms with van der Waals surface area (Å²) in [7, 11) is 0. The number of hydrogen-bond donors (Lipinski definition) is 3. The Morgan fingerprint density at radius 3 is 2.84 bits per heavy atom. The molecule has 2 aliphatic rings. The van der Waals surface area contributed by atoms with Crippen LogP contribution < -0.4 is 10.8 Å². The summed E-state index contributed by atoms with van der Waals surface area (Å²) in [5.74, 6) is -1.99. The number of carbonyl (C=O) groups is 4. The molecule has 2 atom stereocenters. The van der Waals surface area contributed by atoms with E-state index in [0.717, 1.165) is 4.90 Å². The van der Waals surface area contributed by atoms with Crippen LogP contribution in [0.5, 0.6) is 0 Å². The van der Waals surface area contributed by atoms with E-state index in [0.29, 0.717) is 23.6 Å². The standard InChI is InChI=1S/C19H22N4O7S/c1-3-30-22-13-6-11(4-5-20-13)7-14(25)21-15-17(26)23-16(19(27)28)12(8-29-10(2)24)9-31-18(15)23/h4-6,15,18H,3,7-9H2,1-2H3,(H,20,22)(H,21,25)(H,27,28)/t15-,18-/m1/s1. The van der Waals surface area contributed by atoms with E-state index in [4.69, 9.17) is 9.57 Å². The van der Waals surface area contributed by atoms with Crippen molar-refractivity contribution in [3.8, 4) is 0 Å². The molecule has 3 heterocycles. The Bertz CT molecular complexity index is 936. The van der Waals surface area contributed by atoms with Crippen molar-refractivity contribution in [3.63, 3.8) is 0 Å². The van der Waals surface area contributed by atoms with E-state index >= 15 is 0 Å². The van der Waals surface area contributed by atoms with Crippen molar-refractivity contribution in [1.82, 2.24) is 15.2 Å². The van der Waals surface area contributed by atoms with Crippen LogP contribution in [-0.4, -0.2) is 69.1 Å². The van der Waals surface area contributed by atoms with E-state index in [2.05, 4.69) is 15.8 Å². The maximum absolute atomic E-state index is 12.6. The van der Waals surface area contributed by atoms with E-state index < -0.39 is 29.3 Å². The number of carboxylic acids is 1. The van der Waals surface area contributed by atoms with Crippen LogP contribution in [0.15, 0.2) is 29.6 Å². The minimum absolute atomic E-state index is 0.0177.